The molecule has 7 nitrogen and oxygen atoms in total. The Bertz CT molecular complexity index is 1290. The van der Waals surface area contributed by atoms with Gasteiger partial charge in [-0.15, -0.1) is 0 Å². The highest BCUT2D eigenvalue weighted by atomic mass is 35.5. The van der Waals surface area contributed by atoms with Gasteiger partial charge in [-0.3, -0.25) is 19.6 Å². The van der Waals surface area contributed by atoms with Crippen molar-refractivity contribution in [2.24, 2.45) is 0 Å². The molecule has 1 fully saturated rings. The largest absolute Gasteiger partial charge is 0.329 e. The second kappa shape index (κ2) is 8.47. The first-order valence-corrected chi connectivity index (χ1v) is 10.3. The smallest absolute Gasteiger partial charge is 0.303 e. The Morgan fingerprint density at radius 3 is 2.47 bits per heavy atom. The van der Waals surface area contributed by atoms with Gasteiger partial charge < -0.3 is 5.32 Å². The summed E-state index contributed by atoms with van der Waals surface area (Å²) in [7, 11) is 0. The number of urea groups is 1. The van der Waals surface area contributed by atoms with E-state index >= 15 is 0 Å². The number of aromatic nitrogens is 2. The molecule has 164 valence electrons. The standard InChI is InChI=1S/C23H20ClFN4O3/c1-13(2)20-18(21(30)29(27-20)17-8-6-15(24)7-9-17)11-19-22(31)28(23(32)26-19)12-14-4-3-5-16(25)10-14/h3-11,13,27H,12H2,1-2H3,(H,26,32). The maximum absolute atomic E-state index is 13.5. The van der Waals surface area contributed by atoms with Gasteiger partial charge in [0.15, 0.2) is 0 Å². The topological polar surface area (TPSA) is 87.2 Å². The molecular formula is C23H20ClFN4O3. The molecule has 1 saturated heterocycles. The summed E-state index contributed by atoms with van der Waals surface area (Å²) in [4.78, 5) is 39.4. The third kappa shape index (κ3) is 4.09. The van der Waals surface area contributed by atoms with Gasteiger partial charge in [-0.05, 0) is 54.0 Å². The Labute approximate surface area is 188 Å². The number of aromatic amines is 1. The van der Waals surface area contributed by atoms with Gasteiger partial charge in [-0.1, -0.05) is 37.6 Å². The second-order valence-electron chi connectivity index (χ2n) is 7.72. The number of imide groups is 1. The minimum Gasteiger partial charge on any atom is -0.303 e. The number of benzene rings is 2. The average molecular weight is 455 g/mol. The molecule has 4 rings (SSSR count). The number of carbonyl (C=O) groups excluding carboxylic acids is 2. The first-order chi connectivity index (χ1) is 15.2. The minimum absolute atomic E-state index is 0.0207. The number of nitrogens with one attached hydrogen (secondary N) is 2. The van der Waals surface area contributed by atoms with E-state index in [4.69, 9.17) is 11.6 Å². The third-order valence-electron chi connectivity index (χ3n) is 5.10. The van der Waals surface area contributed by atoms with Gasteiger partial charge in [0, 0.05) is 10.7 Å². The van der Waals surface area contributed by atoms with Crippen LogP contribution in [0.25, 0.3) is 11.8 Å². The van der Waals surface area contributed by atoms with Crippen LogP contribution in [-0.4, -0.2) is 26.6 Å². The number of halogens is 2. The van der Waals surface area contributed by atoms with Crippen LogP contribution in [0.3, 0.4) is 0 Å². The zero-order valence-corrected chi connectivity index (χ0v) is 18.1. The highest BCUT2D eigenvalue weighted by Crippen LogP contribution is 2.22. The fourth-order valence-electron chi connectivity index (χ4n) is 3.50. The maximum atomic E-state index is 13.5. The van der Waals surface area contributed by atoms with Crippen LogP contribution in [0.2, 0.25) is 5.02 Å². The van der Waals surface area contributed by atoms with Crippen LogP contribution < -0.4 is 10.9 Å². The van der Waals surface area contributed by atoms with Crippen molar-refractivity contribution in [2.75, 3.05) is 0 Å². The van der Waals surface area contributed by atoms with Gasteiger partial charge >= 0.3 is 6.03 Å². The van der Waals surface area contributed by atoms with Gasteiger partial charge in [0.1, 0.15) is 11.5 Å². The molecule has 0 bridgehead atoms. The Balaban J connectivity index is 1.70. The van der Waals surface area contributed by atoms with Crippen molar-refractivity contribution in [2.45, 2.75) is 26.3 Å². The number of rotatable bonds is 5. The fourth-order valence-corrected chi connectivity index (χ4v) is 3.62. The van der Waals surface area contributed by atoms with Crippen molar-refractivity contribution >= 4 is 29.6 Å². The molecule has 3 amide bonds. The molecule has 2 N–H and O–H groups in total. The first kappa shape index (κ1) is 21.6. The van der Waals surface area contributed by atoms with E-state index in [2.05, 4.69) is 10.4 Å². The molecule has 1 aromatic heterocycles. The third-order valence-corrected chi connectivity index (χ3v) is 5.35. The number of H-pyrrole nitrogens is 1. The highest BCUT2D eigenvalue weighted by molar-refractivity contribution is 6.30. The monoisotopic (exact) mass is 454 g/mol. The Kier molecular flexibility index (Phi) is 5.71. The van der Waals surface area contributed by atoms with Crippen molar-refractivity contribution in [3.8, 4) is 5.69 Å². The Morgan fingerprint density at radius 2 is 1.81 bits per heavy atom. The van der Waals surface area contributed by atoms with Gasteiger partial charge in [0.2, 0.25) is 0 Å². The van der Waals surface area contributed by atoms with Crippen molar-refractivity contribution in [3.63, 3.8) is 0 Å². The summed E-state index contributed by atoms with van der Waals surface area (Å²) in [5.41, 5.74) is 1.56. The lowest BCUT2D eigenvalue weighted by atomic mass is 10.1. The van der Waals surface area contributed by atoms with Gasteiger partial charge in [0.25, 0.3) is 11.5 Å². The molecule has 2 aromatic carbocycles. The molecule has 0 unspecified atom stereocenters. The highest BCUT2D eigenvalue weighted by Gasteiger charge is 2.34. The van der Waals surface area contributed by atoms with E-state index < -0.39 is 17.8 Å². The van der Waals surface area contributed by atoms with Crippen LogP contribution in [-0.2, 0) is 11.3 Å². The molecule has 0 aliphatic carbocycles. The summed E-state index contributed by atoms with van der Waals surface area (Å²) < 4.78 is 14.8. The SMILES string of the molecule is CC(C)c1[nH]n(-c2ccc(Cl)cc2)c(=O)c1C=C1NC(=O)N(Cc2cccc(F)c2)C1=O. The minimum atomic E-state index is -0.634. The van der Waals surface area contributed by atoms with Crippen LogP contribution in [0.4, 0.5) is 9.18 Å². The summed E-state index contributed by atoms with van der Waals surface area (Å²) >= 11 is 5.94. The molecule has 0 spiro atoms. The molecule has 2 heterocycles. The maximum Gasteiger partial charge on any atom is 0.329 e. The normalized spacial score (nSPS) is 15.2. The van der Waals surface area contributed by atoms with Crippen LogP contribution in [0.15, 0.2) is 59.0 Å². The molecule has 0 radical (unpaired) electrons. The van der Waals surface area contributed by atoms with Crippen molar-refractivity contribution in [1.82, 2.24) is 20.0 Å². The van der Waals surface area contributed by atoms with E-state index in [1.165, 1.54) is 29.0 Å². The zero-order valence-electron chi connectivity index (χ0n) is 17.4. The van der Waals surface area contributed by atoms with E-state index in [-0.39, 0.29) is 29.3 Å². The van der Waals surface area contributed by atoms with E-state index in [0.717, 1.165) is 4.90 Å². The average Bonchev–Trinajstić information content (AvgIpc) is 3.21. The number of nitrogens with zero attached hydrogens (tertiary/aromatic N) is 2. The first-order valence-electron chi connectivity index (χ1n) is 9.94. The summed E-state index contributed by atoms with van der Waals surface area (Å²) in [6.07, 6.45) is 1.38. The van der Waals surface area contributed by atoms with Crippen LogP contribution >= 0.6 is 11.6 Å². The lowest BCUT2D eigenvalue weighted by Gasteiger charge is -2.11. The van der Waals surface area contributed by atoms with E-state index in [9.17, 15) is 18.8 Å². The van der Waals surface area contributed by atoms with E-state index in [0.29, 0.717) is 22.0 Å². The van der Waals surface area contributed by atoms with Crippen molar-refractivity contribution < 1.29 is 14.0 Å². The van der Waals surface area contributed by atoms with Crippen LogP contribution in [0.5, 0.6) is 0 Å². The van der Waals surface area contributed by atoms with Crippen molar-refractivity contribution in [1.29, 1.82) is 0 Å². The van der Waals surface area contributed by atoms with Crippen LogP contribution in [0, 0.1) is 5.82 Å². The molecule has 32 heavy (non-hydrogen) atoms. The Morgan fingerprint density at radius 1 is 1.09 bits per heavy atom. The van der Waals surface area contributed by atoms with Gasteiger partial charge in [-0.2, -0.15) is 0 Å². The number of hydrogen-bond donors (Lipinski definition) is 2. The van der Waals surface area contributed by atoms with Crippen LogP contribution in [0.1, 0.15) is 36.6 Å². The molecular weight excluding hydrogens is 435 g/mol. The molecule has 1 aliphatic rings. The van der Waals surface area contributed by atoms with E-state index in [1.807, 2.05) is 13.8 Å². The lowest BCUT2D eigenvalue weighted by molar-refractivity contribution is -0.123. The predicted molar refractivity (Wildman–Crippen MR) is 119 cm³/mol. The number of carbonyl (C=O) groups is 2. The molecule has 3 aromatic rings. The number of hydrogen-bond acceptors (Lipinski definition) is 3. The van der Waals surface area contributed by atoms with Gasteiger partial charge in [0.05, 0.1) is 17.8 Å². The quantitative estimate of drug-likeness (QED) is 0.448. The van der Waals surface area contributed by atoms with Gasteiger partial charge in [-0.25, -0.2) is 13.9 Å². The molecule has 1 aliphatic heterocycles. The predicted octanol–water partition coefficient (Wildman–Crippen LogP) is 4.17. The zero-order chi connectivity index (χ0) is 23.0. The lowest BCUT2D eigenvalue weighted by Crippen LogP contribution is -2.30. The second-order valence-corrected chi connectivity index (χ2v) is 8.16. The molecule has 9 heteroatoms. The summed E-state index contributed by atoms with van der Waals surface area (Å²) in [5.74, 6) is -1.10. The number of amides is 3. The fraction of sp³-hybridized carbons (Fsp3) is 0.174. The molecule has 0 atom stereocenters. The van der Waals surface area contributed by atoms with E-state index in [1.54, 1.807) is 30.3 Å². The summed E-state index contributed by atoms with van der Waals surface area (Å²) in [6.45, 7) is 3.73. The summed E-state index contributed by atoms with van der Waals surface area (Å²) in [6, 6.07) is 11.8. The van der Waals surface area contributed by atoms with Crippen molar-refractivity contribution in [3.05, 3.63) is 92.2 Å². The summed E-state index contributed by atoms with van der Waals surface area (Å²) in [5, 5.41) is 6.13. The Hall–Kier alpha value is -3.65. The molecule has 0 saturated carbocycles.